The van der Waals surface area contributed by atoms with Gasteiger partial charge in [-0.05, 0) is 42.9 Å². The zero-order valence-electron chi connectivity index (χ0n) is 17.8. The Morgan fingerprint density at radius 3 is 2.27 bits per heavy atom. The van der Waals surface area contributed by atoms with Gasteiger partial charge >= 0.3 is 35.5 Å². The molecule has 0 aromatic heterocycles. The van der Waals surface area contributed by atoms with E-state index >= 15 is 0 Å². The zero-order valence-corrected chi connectivity index (χ0v) is 19.8. The SMILES string of the molecule is CCCC(C)C1(CC)C(=O)N=C([O-])NC1=O.N[C@@H](Cc1ccc(O)cc1)C(=O)O.[Na+]. The zero-order chi connectivity index (χ0) is 22.2. The topological polar surface area (TPSA) is 165 Å². The van der Waals surface area contributed by atoms with Crippen LogP contribution in [0.4, 0.5) is 0 Å². The first kappa shape index (κ1) is 28.1. The van der Waals surface area contributed by atoms with Gasteiger partial charge in [-0.15, -0.1) is 0 Å². The van der Waals surface area contributed by atoms with Crippen LogP contribution in [0.25, 0.3) is 0 Å². The number of nitrogens with one attached hydrogen (secondary N) is 1. The van der Waals surface area contributed by atoms with Crippen molar-refractivity contribution in [2.45, 2.75) is 52.5 Å². The van der Waals surface area contributed by atoms with Crippen LogP contribution in [0.3, 0.4) is 0 Å². The van der Waals surface area contributed by atoms with E-state index in [-0.39, 0.29) is 47.6 Å². The van der Waals surface area contributed by atoms with Crippen molar-refractivity contribution in [1.82, 2.24) is 5.32 Å². The predicted molar refractivity (Wildman–Crippen MR) is 105 cm³/mol. The Hall–Kier alpha value is -1.94. The molecule has 1 aliphatic heterocycles. The fourth-order valence-electron chi connectivity index (χ4n) is 3.27. The first-order valence-electron chi connectivity index (χ1n) is 9.46. The van der Waals surface area contributed by atoms with Crippen LogP contribution in [0.1, 0.15) is 45.6 Å². The molecule has 0 radical (unpaired) electrons. The second-order valence-corrected chi connectivity index (χ2v) is 7.01. The molecule has 2 rings (SSSR count). The maximum atomic E-state index is 11.9. The summed E-state index contributed by atoms with van der Waals surface area (Å²) in [5.41, 5.74) is 4.97. The summed E-state index contributed by atoms with van der Waals surface area (Å²) in [6.07, 6.45) is 2.29. The monoisotopic (exact) mass is 429 g/mol. The number of amides is 2. The van der Waals surface area contributed by atoms with Crippen LogP contribution in [0.5, 0.6) is 5.75 Å². The number of carbonyl (C=O) groups is 3. The number of benzene rings is 1. The summed E-state index contributed by atoms with van der Waals surface area (Å²) >= 11 is 0. The van der Waals surface area contributed by atoms with Crippen molar-refractivity contribution in [2.75, 3.05) is 0 Å². The molecule has 10 heteroatoms. The van der Waals surface area contributed by atoms with Gasteiger partial charge in [-0.2, -0.15) is 0 Å². The Kier molecular flexibility index (Phi) is 11.9. The minimum absolute atomic E-state index is 0. The van der Waals surface area contributed by atoms with Gasteiger partial charge in [0.1, 0.15) is 17.2 Å². The van der Waals surface area contributed by atoms with Gasteiger partial charge in [-0.1, -0.05) is 39.3 Å². The van der Waals surface area contributed by atoms with Gasteiger partial charge in [-0.3, -0.25) is 14.4 Å². The molecule has 3 atom stereocenters. The molecular weight excluding hydrogens is 401 g/mol. The Balaban J connectivity index is 0.000000553. The third-order valence-electron chi connectivity index (χ3n) is 5.04. The van der Waals surface area contributed by atoms with Crippen LogP contribution in [0.15, 0.2) is 29.3 Å². The number of nitrogens with zero attached hydrogens (tertiary/aromatic N) is 1. The molecule has 1 aromatic rings. The summed E-state index contributed by atoms with van der Waals surface area (Å²) in [5.74, 6) is -2.06. The fraction of sp³-hybridized carbons (Fsp3) is 0.500. The maximum Gasteiger partial charge on any atom is 1.00 e. The minimum Gasteiger partial charge on any atom is -0.846 e. The molecule has 0 aliphatic carbocycles. The predicted octanol–water partition coefficient (Wildman–Crippen LogP) is -2.46. The molecule has 1 aliphatic rings. The van der Waals surface area contributed by atoms with E-state index in [1.54, 1.807) is 19.1 Å². The van der Waals surface area contributed by atoms with E-state index in [0.29, 0.717) is 6.42 Å². The Morgan fingerprint density at radius 2 is 1.83 bits per heavy atom. The number of amidine groups is 1. The van der Waals surface area contributed by atoms with Crippen molar-refractivity contribution >= 4 is 23.8 Å². The Morgan fingerprint density at radius 1 is 1.27 bits per heavy atom. The third-order valence-corrected chi connectivity index (χ3v) is 5.04. The quantitative estimate of drug-likeness (QED) is 0.276. The van der Waals surface area contributed by atoms with Crippen molar-refractivity contribution in [3.05, 3.63) is 29.8 Å². The van der Waals surface area contributed by atoms with Gasteiger partial charge in [0.15, 0.2) is 0 Å². The van der Waals surface area contributed by atoms with E-state index < -0.39 is 35.3 Å². The molecule has 0 fully saturated rings. The summed E-state index contributed by atoms with van der Waals surface area (Å²) in [4.78, 5) is 37.5. The molecule has 0 saturated carbocycles. The molecule has 0 bridgehead atoms. The van der Waals surface area contributed by atoms with Crippen LogP contribution < -0.4 is 45.7 Å². The van der Waals surface area contributed by atoms with Crippen LogP contribution >= 0.6 is 0 Å². The van der Waals surface area contributed by atoms with Gasteiger partial charge in [0.2, 0.25) is 5.91 Å². The Bertz CT molecular complexity index is 768. The van der Waals surface area contributed by atoms with Gasteiger partial charge in [-0.25, -0.2) is 4.99 Å². The number of aromatic hydroxyl groups is 1. The first-order valence-corrected chi connectivity index (χ1v) is 9.46. The standard InChI is InChI=1S/C11H18N2O3.C9H11NO3.Na/c1-4-6-7(3)11(5-2)8(14)12-10(16)13-9(11)15;10-8(9(12)13)5-6-1-3-7(11)4-2-6;/h7H,4-6H2,1-3H3,(H2,12,13,14,15,16);1-4,8,11H,5,10H2,(H,12,13);/q;;+1/p-1/t;8-;/m.0./s1. The summed E-state index contributed by atoms with van der Waals surface area (Å²) < 4.78 is 0. The van der Waals surface area contributed by atoms with E-state index in [0.717, 1.165) is 18.4 Å². The van der Waals surface area contributed by atoms with Crippen molar-refractivity contribution in [3.63, 3.8) is 0 Å². The summed E-state index contributed by atoms with van der Waals surface area (Å²) in [5, 5.41) is 30.6. The number of aliphatic imine (C=N–C) groups is 1. The summed E-state index contributed by atoms with van der Waals surface area (Å²) in [6.45, 7) is 5.62. The van der Waals surface area contributed by atoms with E-state index in [1.165, 1.54) is 12.1 Å². The van der Waals surface area contributed by atoms with Crippen LogP contribution in [-0.2, 0) is 20.8 Å². The number of phenolic OH excluding ortho intramolecular Hbond substituents is 1. The molecule has 2 amide bonds. The van der Waals surface area contributed by atoms with Crippen LogP contribution in [0, 0.1) is 11.3 Å². The van der Waals surface area contributed by atoms with Crippen molar-refractivity contribution < 1.29 is 59.3 Å². The number of nitrogens with two attached hydrogens (primary N) is 1. The van der Waals surface area contributed by atoms with E-state index in [4.69, 9.17) is 15.9 Å². The van der Waals surface area contributed by atoms with Gasteiger partial charge in [0, 0.05) is 0 Å². The molecule has 30 heavy (non-hydrogen) atoms. The van der Waals surface area contributed by atoms with Crippen LogP contribution in [0.2, 0.25) is 0 Å². The van der Waals surface area contributed by atoms with E-state index in [9.17, 15) is 19.5 Å². The number of aliphatic carboxylic acids is 1. The number of rotatable bonds is 7. The van der Waals surface area contributed by atoms with E-state index in [1.807, 2.05) is 13.8 Å². The number of hydrogen-bond acceptors (Lipinski definition) is 6. The molecule has 0 saturated heterocycles. The normalized spacial score (nSPS) is 19.9. The first-order chi connectivity index (χ1) is 13.6. The molecular formula is C20H28N3NaO6. The number of carboxylic acid groups (broad SMARTS) is 1. The maximum absolute atomic E-state index is 11.9. The number of hydrogen-bond donors (Lipinski definition) is 4. The van der Waals surface area contributed by atoms with Crippen LogP contribution in [-0.4, -0.2) is 40.1 Å². The molecule has 9 nitrogen and oxygen atoms in total. The molecule has 2 unspecified atom stereocenters. The Labute approximate surface area is 198 Å². The van der Waals surface area contributed by atoms with Gasteiger partial charge < -0.3 is 26.4 Å². The summed E-state index contributed by atoms with van der Waals surface area (Å²) in [6, 6.07) is 4.58. The van der Waals surface area contributed by atoms with E-state index in [2.05, 4.69) is 10.3 Å². The average molecular weight is 429 g/mol. The van der Waals surface area contributed by atoms with Gasteiger partial charge in [0.25, 0.3) is 5.91 Å². The average Bonchev–Trinajstić information content (AvgIpc) is 2.64. The number of phenols is 1. The summed E-state index contributed by atoms with van der Waals surface area (Å²) in [7, 11) is 0. The molecule has 5 N–H and O–H groups in total. The van der Waals surface area contributed by atoms with Crippen molar-refractivity contribution in [3.8, 4) is 5.75 Å². The second kappa shape index (κ2) is 12.7. The largest absolute Gasteiger partial charge is 1.00 e. The number of carboxylic acids is 1. The smallest absolute Gasteiger partial charge is 0.846 e. The molecule has 0 spiro atoms. The molecule has 160 valence electrons. The number of carbonyl (C=O) groups excluding carboxylic acids is 2. The van der Waals surface area contributed by atoms with Crippen molar-refractivity contribution in [1.29, 1.82) is 0 Å². The fourth-order valence-corrected chi connectivity index (χ4v) is 3.27. The van der Waals surface area contributed by atoms with Gasteiger partial charge in [0.05, 0.1) is 6.02 Å². The third kappa shape index (κ3) is 7.09. The van der Waals surface area contributed by atoms with Crippen molar-refractivity contribution in [2.24, 2.45) is 22.1 Å². The second-order valence-electron chi connectivity index (χ2n) is 7.01. The minimum atomic E-state index is -1.15. The molecule has 1 heterocycles. The molecule has 1 aromatic carbocycles.